The Hall–Kier alpha value is -3.01. The lowest BCUT2D eigenvalue weighted by Gasteiger charge is -2.23. The van der Waals surface area contributed by atoms with Gasteiger partial charge in [0.15, 0.2) is 0 Å². The summed E-state index contributed by atoms with van der Waals surface area (Å²) in [4.78, 5) is 4.57. The number of nitrogens with zero attached hydrogens (tertiary/aromatic N) is 1. The number of anilines is 2. The van der Waals surface area contributed by atoms with Gasteiger partial charge in [-0.25, -0.2) is 0 Å². The van der Waals surface area contributed by atoms with Crippen LogP contribution in [0.1, 0.15) is 58.2 Å². The first-order valence-electron chi connectivity index (χ1n) is 11.2. The summed E-state index contributed by atoms with van der Waals surface area (Å²) in [5.74, 6) is 0.719. The third-order valence-electron chi connectivity index (χ3n) is 5.01. The fraction of sp³-hybridized carbons (Fsp3) is 0.393. The van der Waals surface area contributed by atoms with Crippen LogP contribution in [0.5, 0.6) is 0 Å². The molecule has 172 valence electrons. The summed E-state index contributed by atoms with van der Waals surface area (Å²) in [6, 6.07) is 15.1. The van der Waals surface area contributed by atoms with Crippen molar-refractivity contribution in [2.24, 2.45) is 10.4 Å². The third kappa shape index (κ3) is 8.26. The van der Waals surface area contributed by atoms with Gasteiger partial charge in [-0.3, -0.25) is 4.99 Å². The maximum absolute atomic E-state index is 4.57. The second-order valence-corrected chi connectivity index (χ2v) is 10.3. The molecule has 0 heterocycles. The fourth-order valence-corrected chi connectivity index (χ4v) is 3.38. The van der Waals surface area contributed by atoms with Gasteiger partial charge in [-0.2, -0.15) is 0 Å². The Balaban J connectivity index is 1.92. The molecule has 0 aromatic heterocycles. The van der Waals surface area contributed by atoms with Gasteiger partial charge in [-0.1, -0.05) is 52.1 Å². The van der Waals surface area contributed by atoms with Crippen LogP contribution in [0, 0.1) is 12.3 Å². The van der Waals surface area contributed by atoms with E-state index in [9.17, 15) is 0 Å². The van der Waals surface area contributed by atoms with Crippen LogP contribution >= 0.6 is 0 Å². The average molecular weight is 433 g/mol. The second kappa shape index (κ2) is 10.5. The van der Waals surface area contributed by atoms with Crippen LogP contribution < -0.4 is 16.0 Å². The van der Waals surface area contributed by atoms with Crippen LogP contribution in [0.3, 0.4) is 0 Å². The molecule has 0 aliphatic rings. The van der Waals surface area contributed by atoms with Crippen molar-refractivity contribution < 1.29 is 0 Å². The van der Waals surface area contributed by atoms with E-state index in [1.807, 2.05) is 6.08 Å². The molecule has 0 radical (unpaired) electrons. The number of hydrogen-bond donors (Lipinski definition) is 3. The Morgan fingerprint density at radius 2 is 1.59 bits per heavy atom. The van der Waals surface area contributed by atoms with E-state index in [0.717, 1.165) is 29.3 Å². The number of benzene rings is 2. The Kier molecular flexibility index (Phi) is 8.31. The predicted octanol–water partition coefficient (Wildman–Crippen LogP) is 6.90. The van der Waals surface area contributed by atoms with E-state index in [1.165, 1.54) is 16.7 Å². The number of nitrogens with one attached hydrogen (secondary N) is 3. The third-order valence-corrected chi connectivity index (χ3v) is 5.01. The van der Waals surface area contributed by atoms with Crippen LogP contribution in [0.25, 0.3) is 0 Å². The standard InChI is InChI=1S/C28H40N4/c1-10-26(27(4,5)6)30-19-29-21(3)31-24-14-11-22(12-15-24)18-23-13-16-25(17-20(23)2)32-28(7,8)9/h10-17,29,31-32H,1,3,18-19H2,2,4-9H3/b30-26+. The van der Waals surface area contributed by atoms with Crippen molar-refractivity contribution in [2.45, 2.75) is 60.4 Å². The van der Waals surface area contributed by atoms with Crippen LogP contribution in [-0.2, 0) is 6.42 Å². The summed E-state index contributed by atoms with van der Waals surface area (Å²) >= 11 is 0. The summed E-state index contributed by atoms with van der Waals surface area (Å²) in [5, 5.41) is 10.0. The highest BCUT2D eigenvalue weighted by molar-refractivity contribution is 5.98. The minimum atomic E-state index is -0.0181. The Morgan fingerprint density at radius 1 is 0.969 bits per heavy atom. The van der Waals surface area contributed by atoms with Crippen molar-refractivity contribution in [3.05, 3.63) is 84.2 Å². The molecule has 4 heteroatoms. The van der Waals surface area contributed by atoms with Crippen molar-refractivity contribution in [2.75, 3.05) is 17.3 Å². The van der Waals surface area contributed by atoms with Crippen molar-refractivity contribution in [3.8, 4) is 0 Å². The van der Waals surface area contributed by atoms with Gasteiger partial charge in [0.1, 0.15) is 6.67 Å². The summed E-state index contributed by atoms with van der Waals surface area (Å²) in [6.07, 6.45) is 2.72. The van der Waals surface area contributed by atoms with E-state index < -0.39 is 0 Å². The summed E-state index contributed by atoms with van der Waals surface area (Å²) in [5.41, 5.74) is 7.09. The molecule has 0 unspecified atom stereocenters. The van der Waals surface area contributed by atoms with Gasteiger partial charge in [0, 0.05) is 28.0 Å². The quantitative estimate of drug-likeness (QED) is 0.378. The molecule has 2 aromatic rings. The first-order valence-corrected chi connectivity index (χ1v) is 11.2. The van der Waals surface area contributed by atoms with Gasteiger partial charge in [-0.05, 0) is 81.1 Å². The molecule has 2 rings (SSSR count). The van der Waals surface area contributed by atoms with Crippen LogP contribution in [-0.4, -0.2) is 17.9 Å². The number of hydrogen-bond acceptors (Lipinski definition) is 4. The molecular weight excluding hydrogens is 392 g/mol. The minimum Gasteiger partial charge on any atom is -0.380 e. The molecule has 0 atom stereocenters. The Labute approximate surface area is 194 Å². The zero-order valence-electron chi connectivity index (χ0n) is 20.9. The molecule has 0 fully saturated rings. The molecule has 0 saturated carbocycles. The van der Waals surface area contributed by atoms with E-state index in [2.05, 4.69) is 125 Å². The van der Waals surface area contributed by atoms with Crippen LogP contribution in [0.4, 0.5) is 11.4 Å². The Bertz CT molecular complexity index is 954. The SMILES string of the molecule is C=C/C(=N\CNC(=C)Nc1ccc(Cc2ccc(NC(C)(C)C)cc2C)cc1)C(C)(C)C. The monoisotopic (exact) mass is 432 g/mol. The Morgan fingerprint density at radius 3 is 2.12 bits per heavy atom. The highest BCUT2D eigenvalue weighted by atomic mass is 15.1. The van der Waals surface area contributed by atoms with Gasteiger partial charge in [0.2, 0.25) is 0 Å². The van der Waals surface area contributed by atoms with E-state index >= 15 is 0 Å². The minimum absolute atomic E-state index is 0.0181. The number of aryl methyl sites for hydroxylation is 1. The zero-order valence-corrected chi connectivity index (χ0v) is 20.9. The van der Waals surface area contributed by atoms with Gasteiger partial charge in [0.25, 0.3) is 0 Å². The molecule has 32 heavy (non-hydrogen) atoms. The number of rotatable bonds is 9. The summed E-state index contributed by atoms with van der Waals surface area (Å²) in [7, 11) is 0. The lowest BCUT2D eigenvalue weighted by atomic mass is 9.90. The fourth-order valence-electron chi connectivity index (χ4n) is 3.38. The molecule has 4 nitrogen and oxygen atoms in total. The van der Waals surface area contributed by atoms with Gasteiger partial charge in [-0.15, -0.1) is 0 Å². The molecular formula is C28H40N4. The lowest BCUT2D eigenvalue weighted by molar-refractivity contribution is 0.589. The lowest BCUT2D eigenvalue weighted by Crippen LogP contribution is -2.26. The molecule has 0 spiro atoms. The topological polar surface area (TPSA) is 48.5 Å². The van der Waals surface area contributed by atoms with Crippen molar-refractivity contribution in [1.82, 2.24) is 5.32 Å². The number of aliphatic imine (C=N–C) groups is 1. The molecule has 3 N–H and O–H groups in total. The van der Waals surface area contributed by atoms with Crippen molar-refractivity contribution >= 4 is 17.1 Å². The highest BCUT2D eigenvalue weighted by Gasteiger charge is 2.15. The van der Waals surface area contributed by atoms with E-state index in [4.69, 9.17) is 0 Å². The molecule has 0 aliphatic carbocycles. The largest absolute Gasteiger partial charge is 0.380 e. The first-order chi connectivity index (χ1) is 14.9. The van der Waals surface area contributed by atoms with Crippen molar-refractivity contribution in [3.63, 3.8) is 0 Å². The maximum Gasteiger partial charge on any atom is 0.109 e. The molecule has 0 bridgehead atoms. The average Bonchev–Trinajstić information content (AvgIpc) is 2.66. The van der Waals surface area contributed by atoms with E-state index in [1.54, 1.807) is 0 Å². The summed E-state index contributed by atoms with van der Waals surface area (Å²) in [6.45, 7) is 23.4. The summed E-state index contributed by atoms with van der Waals surface area (Å²) < 4.78 is 0. The van der Waals surface area contributed by atoms with Gasteiger partial charge >= 0.3 is 0 Å². The molecule has 0 aliphatic heterocycles. The van der Waals surface area contributed by atoms with E-state index in [0.29, 0.717) is 6.67 Å². The molecule has 0 amide bonds. The van der Waals surface area contributed by atoms with Gasteiger partial charge in [0.05, 0.1) is 5.82 Å². The van der Waals surface area contributed by atoms with E-state index in [-0.39, 0.29) is 11.0 Å². The van der Waals surface area contributed by atoms with Crippen LogP contribution in [0.2, 0.25) is 0 Å². The smallest absolute Gasteiger partial charge is 0.109 e. The zero-order chi connectivity index (χ0) is 23.9. The van der Waals surface area contributed by atoms with Crippen LogP contribution in [0.15, 0.2) is 72.5 Å². The van der Waals surface area contributed by atoms with Gasteiger partial charge < -0.3 is 16.0 Å². The highest BCUT2D eigenvalue weighted by Crippen LogP contribution is 2.22. The second-order valence-electron chi connectivity index (χ2n) is 10.3. The normalized spacial score (nSPS) is 12.3. The number of allylic oxidation sites excluding steroid dienone is 1. The molecule has 0 saturated heterocycles. The molecule has 2 aromatic carbocycles. The maximum atomic E-state index is 4.57. The first kappa shape index (κ1) is 25.3. The van der Waals surface area contributed by atoms with Crippen molar-refractivity contribution in [1.29, 1.82) is 0 Å². The predicted molar refractivity (Wildman–Crippen MR) is 142 cm³/mol.